The second-order valence-electron chi connectivity index (χ2n) is 5.84. The van der Waals surface area contributed by atoms with Gasteiger partial charge < -0.3 is 15.0 Å². The third kappa shape index (κ3) is 4.12. The number of ether oxygens (including phenoxy) is 1. The van der Waals surface area contributed by atoms with Gasteiger partial charge in [-0.05, 0) is 49.9 Å². The molecule has 2 unspecified atom stereocenters. The van der Waals surface area contributed by atoms with Gasteiger partial charge in [-0.15, -0.1) is 0 Å². The van der Waals surface area contributed by atoms with Crippen LogP contribution in [-0.4, -0.2) is 32.3 Å². The molecule has 0 spiro atoms. The Labute approximate surface area is 133 Å². The minimum atomic E-state index is 0.605. The molecule has 1 aliphatic rings. The van der Waals surface area contributed by atoms with Crippen LogP contribution in [0.25, 0.3) is 0 Å². The molecular weight excluding hydrogens is 284 g/mol. The third-order valence-electron chi connectivity index (χ3n) is 4.38. The van der Waals surface area contributed by atoms with Crippen LogP contribution in [0.15, 0.2) is 18.2 Å². The number of hydrogen-bond donors (Lipinski definition) is 1. The Balaban J connectivity index is 2.17. The number of nitrogens with zero attached hydrogens (tertiary/aromatic N) is 1. The zero-order chi connectivity index (χ0) is 15.2. The lowest BCUT2D eigenvalue weighted by molar-refractivity contribution is 0.199. The molecule has 0 bridgehead atoms. The van der Waals surface area contributed by atoms with Crippen LogP contribution < -0.4 is 10.2 Å². The maximum atomic E-state index is 6.20. The molecule has 1 aromatic rings. The number of halogens is 1. The molecular formula is C17H27ClN2O. The molecule has 1 N–H and O–H groups in total. The number of hydrogen-bond acceptors (Lipinski definition) is 3. The van der Waals surface area contributed by atoms with E-state index in [0.717, 1.165) is 24.7 Å². The van der Waals surface area contributed by atoms with Gasteiger partial charge in [-0.25, -0.2) is 0 Å². The fourth-order valence-electron chi connectivity index (χ4n) is 3.25. The summed E-state index contributed by atoms with van der Waals surface area (Å²) < 4.78 is 5.09. The van der Waals surface area contributed by atoms with Crippen molar-refractivity contribution in [2.24, 2.45) is 0 Å². The summed E-state index contributed by atoms with van der Waals surface area (Å²) >= 11 is 6.20. The summed E-state index contributed by atoms with van der Waals surface area (Å²) in [6, 6.07) is 7.54. The molecule has 1 aliphatic heterocycles. The number of anilines is 1. The molecule has 0 amide bonds. The van der Waals surface area contributed by atoms with Gasteiger partial charge >= 0.3 is 0 Å². The molecule has 1 fully saturated rings. The van der Waals surface area contributed by atoms with Crippen molar-refractivity contribution in [2.75, 3.05) is 25.2 Å². The monoisotopic (exact) mass is 310 g/mol. The Hall–Kier alpha value is -0.770. The predicted octanol–water partition coefficient (Wildman–Crippen LogP) is 3.84. The fourth-order valence-corrected chi connectivity index (χ4v) is 3.45. The van der Waals surface area contributed by atoms with Gasteiger partial charge in [0.05, 0.1) is 6.61 Å². The minimum absolute atomic E-state index is 0.605. The van der Waals surface area contributed by atoms with Gasteiger partial charge in [0.25, 0.3) is 0 Å². The van der Waals surface area contributed by atoms with Crippen molar-refractivity contribution in [1.82, 2.24) is 5.32 Å². The first-order chi connectivity index (χ1) is 10.2. The first kappa shape index (κ1) is 16.6. The second-order valence-corrected chi connectivity index (χ2v) is 6.27. The van der Waals surface area contributed by atoms with Crippen molar-refractivity contribution in [2.45, 2.75) is 51.7 Å². The minimum Gasteiger partial charge on any atom is -0.383 e. The second kappa shape index (κ2) is 8.02. The van der Waals surface area contributed by atoms with Crippen LogP contribution in [0.5, 0.6) is 0 Å². The Morgan fingerprint density at radius 1 is 1.38 bits per heavy atom. The van der Waals surface area contributed by atoms with Gasteiger partial charge in [0.1, 0.15) is 0 Å². The number of methoxy groups -OCH3 is 1. The SMILES string of the molecule is CCC1CCC(C)N1c1ccc(Cl)cc1CNCCOC. The highest BCUT2D eigenvalue weighted by Crippen LogP contribution is 2.35. The van der Waals surface area contributed by atoms with Crippen LogP contribution in [-0.2, 0) is 11.3 Å². The molecule has 1 aromatic carbocycles. The highest BCUT2D eigenvalue weighted by Gasteiger charge is 2.30. The first-order valence-electron chi connectivity index (χ1n) is 7.93. The number of benzene rings is 1. The van der Waals surface area contributed by atoms with Crippen LogP contribution >= 0.6 is 11.6 Å². The van der Waals surface area contributed by atoms with Crippen molar-refractivity contribution in [1.29, 1.82) is 0 Å². The topological polar surface area (TPSA) is 24.5 Å². The molecule has 2 atom stereocenters. The van der Waals surface area contributed by atoms with Gasteiger partial charge in [0.15, 0.2) is 0 Å². The lowest BCUT2D eigenvalue weighted by Gasteiger charge is -2.32. The summed E-state index contributed by atoms with van der Waals surface area (Å²) in [5, 5.41) is 4.24. The van der Waals surface area contributed by atoms with E-state index in [1.807, 2.05) is 6.07 Å². The van der Waals surface area contributed by atoms with E-state index >= 15 is 0 Å². The average Bonchev–Trinajstić information content (AvgIpc) is 2.85. The molecule has 21 heavy (non-hydrogen) atoms. The zero-order valence-electron chi connectivity index (χ0n) is 13.4. The molecule has 1 heterocycles. The predicted molar refractivity (Wildman–Crippen MR) is 90.3 cm³/mol. The third-order valence-corrected chi connectivity index (χ3v) is 4.61. The Bertz CT molecular complexity index is 452. The maximum Gasteiger partial charge on any atom is 0.0587 e. The van der Waals surface area contributed by atoms with Gasteiger partial charge in [-0.1, -0.05) is 18.5 Å². The van der Waals surface area contributed by atoms with Gasteiger partial charge in [0, 0.05) is 43.0 Å². The van der Waals surface area contributed by atoms with Crippen molar-refractivity contribution in [3.63, 3.8) is 0 Å². The van der Waals surface area contributed by atoms with Crippen LogP contribution in [0.4, 0.5) is 5.69 Å². The molecule has 0 aliphatic carbocycles. The lowest BCUT2D eigenvalue weighted by atomic mass is 10.1. The van der Waals surface area contributed by atoms with Crippen LogP contribution in [0, 0.1) is 0 Å². The van der Waals surface area contributed by atoms with Crippen LogP contribution in [0.3, 0.4) is 0 Å². The quantitative estimate of drug-likeness (QED) is 0.774. The van der Waals surface area contributed by atoms with E-state index in [-0.39, 0.29) is 0 Å². The van der Waals surface area contributed by atoms with E-state index in [9.17, 15) is 0 Å². The van der Waals surface area contributed by atoms with E-state index in [1.165, 1.54) is 30.5 Å². The molecule has 1 saturated heterocycles. The van der Waals surface area contributed by atoms with E-state index in [0.29, 0.717) is 12.1 Å². The van der Waals surface area contributed by atoms with E-state index in [2.05, 4.69) is 36.2 Å². The lowest BCUT2D eigenvalue weighted by Crippen LogP contribution is -2.35. The fraction of sp³-hybridized carbons (Fsp3) is 0.647. The molecule has 4 heteroatoms. The van der Waals surface area contributed by atoms with Crippen molar-refractivity contribution in [3.8, 4) is 0 Å². The summed E-state index contributed by atoms with van der Waals surface area (Å²) in [4.78, 5) is 2.59. The summed E-state index contributed by atoms with van der Waals surface area (Å²) in [7, 11) is 1.73. The number of nitrogens with one attached hydrogen (secondary N) is 1. The summed E-state index contributed by atoms with van der Waals surface area (Å²) in [6.45, 7) is 7.02. The highest BCUT2D eigenvalue weighted by atomic mass is 35.5. The maximum absolute atomic E-state index is 6.20. The summed E-state index contributed by atoms with van der Waals surface area (Å²) in [6.07, 6.45) is 3.76. The Morgan fingerprint density at radius 2 is 2.19 bits per heavy atom. The molecule has 0 aromatic heterocycles. The molecule has 0 saturated carbocycles. The van der Waals surface area contributed by atoms with Crippen LogP contribution in [0.2, 0.25) is 5.02 Å². The normalized spacial score (nSPS) is 22.0. The summed E-state index contributed by atoms with van der Waals surface area (Å²) in [5.74, 6) is 0. The highest BCUT2D eigenvalue weighted by molar-refractivity contribution is 6.30. The Morgan fingerprint density at radius 3 is 2.90 bits per heavy atom. The molecule has 3 nitrogen and oxygen atoms in total. The Kier molecular flexibility index (Phi) is 6.34. The van der Waals surface area contributed by atoms with Crippen molar-refractivity contribution in [3.05, 3.63) is 28.8 Å². The smallest absolute Gasteiger partial charge is 0.0587 e. The van der Waals surface area contributed by atoms with E-state index in [1.54, 1.807) is 7.11 Å². The van der Waals surface area contributed by atoms with E-state index < -0.39 is 0 Å². The molecule has 0 radical (unpaired) electrons. The first-order valence-corrected chi connectivity index (χ1v) is 8.31. The number of rotatable bonds is 7. The zero-order valence-corrected chi connectivity index (χ0v) is 14.1. The van der Waals surface area contributed by atoms with Gasteiger partial charge in [-0.2, -0.15) is 0 Å². The van der Waals surface area contributed by atoms with E-state index in [4.69, 9.17) is 16.3 Å². The molecule has 2 rings (SSSR count). The molecule has 118 valence electrons. The van der Waals surface area contributed by atoms with Crippen molar-refractivity contribution < 1.29 is 4.74 Å². The largest absolute Gasteiger partial charge is 0.383 e. The van der Waals surface area contributed by atoms with Crippen LogP contribution in [0.1, 0.15) is 38.7 Å². The van der Waals surface area contributed by atoms with Gasteiger partial charge in [-0.3, -0.25) is 0 Å². The van der Waals surface area contributed by atoms with Crippen molar-refractivity contribution >= 4 is 17.3 Å². The summed E-state index contributed by atoms with van der Waals surface area (Å²) in [5.41, 5.74) is 2.62. The van der Waals surface area contributed by atoms with Gasteiger partial charge in [0.2, 0.25) is 0 Å². The standard InChI is InChI=1S/C17H27ClN2O/c1-4-16-7-5-13(2)20(16)17-8-6-15(18)11-14(17)12-19-9-10-21-3/h6,8,11,13,16,19H,4-5,7,9-10,12H2,1-3H3. The average molecular weight is 311 g/mol.